The molecular formula is C15H26N4. The predicted octanol–water partition coefficient (Wildman–Crippen LogP) is 2.38. The SMILES string of the molecule is CCC1(C)CCN(c2ncc(CC(C)N)cn2)CC1. The Morgan fingerprint density at radius 3 is 2.37 bits per heavy atom. The van der Waals surface area contributed by atoms with Gasteiger partial charge in [-0.2, -0.15) is 0 Å². The van der Waals surface area contributed by atoms with Crippen LogP contribution in [-0.4, -0.2) is 29.1 Å². The molecule has 1 atom stereocenters. The molecule has 2 N–H and O–H groups in total. The van der Waals surface area contributed by atoms with Crippen molar-refractivity contribution >= 4 is 5.95 Å². The minimum atomic E-state index is 0.162. The van der Waals surface area contributed by atoms with Crippen molar-refractivity contribution in [3.63, 3.8) is 0 Å². The molecular weight excluding hydrogens is 236 g/mol. The molecule has 0 aromatic carbocycles. The first kappa shape index (κ1) is 14.3. The van der Waals surface area contributed by atoms with E-state index in [-0.39, 0.29) is 6.04 Å². The maximum atomic E-state index is 5.78. The standard InChI is InChI=1S/C15H26N4/c1-4-15(3)5-7-19(8-6-15)14-17-10-13(11-18-14)9-12(2)16/h10-12H,4-9,16H2,1-3H3. The van der Waals surface area contributed by atoms with Gasteiger partial charge in [0.25, 0.3) is 0 Å². The molecule has 1 aliphatic rings. The fourth-order valence-electron chi connectivity index (χ4n) is 2.59. The van der Waals surface area contributed by atoms with Gasteiger partial charge in [0.05, 0.1) is 0 Å². The van der Waals surface area contributed by atoms with E-state index < -0.39 is 0 Å². The van der Waals surface area contributed by atoms with Gasteiger partial charge >= 0.3 is 0 Å². The van der Waals surface area contributed by atoms with Gasteiger partial charge in [-0.05, 0) is 37.2 Å². The van der Waals surface area contributed by atoms with Crippen LogP contribution in [-0.2, 0) is 6.42 Å². The molecule has 0 saturated carbocycles. The van der Waals surface area contributed by atoms with Crippen LogP contribution in [0.2, 0.25) is 0 Å². The van der Waals surface area contributed by atoms with Crippen molar-refractivity contribution in [2.75, 3.05) is 18.0 Å². The zero-order valence-electron chi connectivity index (χ0n) is 12.4. The molecule has 1 aromatic rings. The quantitative estimate of drug-likeness (QED) is 0.905. The fraction of sp³-hybridized carbons (Fsp3) is 0.733. The molecule has 0 radical (unpaired) electrons. The van der Waals surface area contributed by atoms with Crippen LogP contribution in [0.3, 0.4) is 0 Å². The fourth-order valence-corrected chi connectivity index (χ4v) is 2.59. The van der Waals surface area contributed by atoms with Gasteiger partial charge < -0.3 is 10.6 Å². The van der Waals surface area contributed by atoms with Gasteiger partial charge in [-0.3, -0.25) is 0 Å². The highest BCUT2D eigenvalue weighted by Crippen LogP contribution is 2.34. The smallest absolute Gasteiger partial charge is 0.225 e. The number of nitrogens with zero attached hydrogens (tertiary/aromatic N) is 3. The Balaban J connectivity index is 1.96. The summed E-state index contributed by atoms with van der Waals surface area (Å²) in [6.07, 6.45) is 8.39. The van der Waals surface area contributed by atoms with Crippen molar-refractivity contribution in [2.24, 2.45) is 11.1 Å². The molecule has 1 aromatic heterocycles. The summed E-state index contributed by atoms with van der Waals surface area (Å²) in [5.74, 6) is 0.867. The molecule has 106 valence electrons. The van der Waals surface area contributed by atoms with Crippen LogP contribution in [0.25, 0.3) is 0 Å². The Morgan fingerprint density at radius 1 is 1.32 bits per heavy atom. The minimum Gasteiger partial charge on any atom is -0.341 e. The average molecular weight is 262 g/mol. The van der Waals surface area contributed by atoms with E-state index in [1.807, 2.05) is 19.3 Å². The highest BCUT2D eigenvalue weighted by atomic mass is 15.2. The van der Waals surface area contributed by atoms with E-state index in [9.17, 15) is 0 Å². The third-order valence-corrected chi connectivity index (χ3v) is 4.36. The van der Waals surface area contributed by atoms with Crippen LogP contribution in [0.15, 0.2) is 12.4 Å². The Hall–Kier alpha value is -1.16. The molecule has 1 fully saturated rings. The van der Waals surface area contributed by atoms with Crippen molar-refractivity contribution in [1.82, 2.24) is 9.97 Å². The molecule has 0 aliphatic carbocycles. The number of hydrogen-bond donors (Lipinski definition) is 1. The highest BCUT2D eigenvalue weighted by molar-refractivity contribution is 5.31. The topological polar surface area (TPSA) is 55.0 Å². The Labute approximate surface area is 116 Å². The molecule has 0 bridgehead atoms. The summed E-state index contributed by atoms with van der Waals surface area (Å²) in [4.78, 5) is 11.3. The molecule has 0 spiro atoms. The van der Waals surface area contributed by atoms with Crippen LogP contribution in [0.5, 0.6) is 0 Å². The lowest BCUT2D eigenvalue weighted by Gasteiger charge is -2.38. The molecule has 0 amide bonds. The lowest BCUT2D eigenvalue weighted by atomic mass is 9.78. The number of piperidine rings is 1. The first-order valence-electron chi connectivity index (χ1n) is 7.34. The maximum absolute atomic E-state index is 5.78. The third kappa shape index (κ3) is 3.66. The monoisotopic (exact) mass is 262 g/mol. The predicted molar refractivity (Wildman–Crippen MR) is 79.2 cm³/mol. The van der Waals surface area contributed by atoms with E-state index in [0.29, 0.717) is 5.41 Å². The molecule has 4 nitrogen and oxygen atoms in total. The van der Waals surface area contributed by atoms with E-state index in [2.05, 4.69) is 28.7 Å². The van der Waals surface area contributed by atoms with Crippen molar-refractivity contribution in [2.45, 2.75) is 52.5 Å². The lowest BCUT2D eigenvalue weighted by Crippen LogP contribution is -2.39. The average Bonchev–Trinajstić information content (AvgIpc) is 2.40. The van der Waals surface area contributed by atoms with Gasteiger partial charge in [-0.15, -0.1) is 0 Å². The summed E-state index contributed by atoms with van der Waals surface area (Å²) in [7, 11) is 0. The van der Waals surface area contributed by atoms with Gasteiger partial charge in [-0.25, -0.2) is 9.97 Å². The Morgan fingerprint density at radius 2 is 1.89 bits per heavy atom. The van der Waals surface area contributed by atoms with Gasteiger partial charge in [0, 0.05) is 31.5 Å². The summed E-state index contributed by atoms with van der Waals surface area (Å²) in [5.41, 5.74) is 7.41. The van der Waals surface area contributed by atoms with Crippen LogP contribution >= 0.6 is 0 Å². The zero-order valence-corrected chi connectivity index (χ0v) is 12.4. The van der Waals surface area contributed by atoms with E-state index in [0.717, 1.165) is 31.0 Å². The zero-order chi connectivity index (χ0) is 13.9. The number of aromatic nitrogens is 2. The van der Waals surface area contributed by atoms with Crippen molar-refractivity contribution < 1.29 is 0 Å². The van der Waals surface area contributed by atoms with Gasteiger partial charge in [0.1, 0.15) is 0 Å². The molecule has 4 heteroatoms. The second-order valence-corrected chi connectivity index (χ2v) is 6.22. The normalized spacial score (nSPS) is 20.3. The first-order valence-corrected chi connectivity index (χ1v) is 7.34. The Bertz CT molecular complexity index is 391. The van der Waals surface area contributed by atoms with E-state index in [1.165, 1.54) is 19.3 Å². The first-order chi connectivity index (χ1) is 9.02. The molecule has 2 rings (SSSR count). The summed E-state index contributed by atoms with van der Waals surface area (Å²) < 4.78 is 0. The number of hydrogen-bond acceptors (Lipinski definition) is 4. The summed E-state index contributed by atoms with van der Waals surface area (Å²) in [5, 5.41) is 0. The highest BCUT2D eigenvalue weighted by Gasteiger charge is 2.29. The van der Waals surface area contributed by atoms with Crippen LogP contribution in [0, 0.1) is 5.41 Å². The summed E-state index contributed by atoms with van der Waals surface area (Å²) in [6, 6.07) is 0.162. The molecule has 1 unspecified atom stereocenters. The Kier molecular flexibility index (Phi) is 4.40. The number of anilines is 1. The number of nitrogens with two attached hydrogens (primary N) is 1. The molecule has 19 heavy (non-hydrogen) atoms. The number of rotatable bonds is 4. The van der Waals surface area contributed by atoms with Crippen LogP contribution < -0.4 is 10.6 Å². The van der Waals surface area contributed by atoms with Gasteiger partial charge in [0.15, 0.2) is 0 Å². The van der Waals surface area contributed by atoms with E-state index >= 15 is 0 Å². The minimum absolute atomic E-state index is 0.162. The third-order valence-electron chi connectivity index (χ3n) is 4.36. The second kappa shape index (κ2) is 5.87. The van der Waals surface area contributed by atoms with E-state index in [4.69, 9.17) is 5.73 Å². The molecule has 1 aliphatic heterocycles. The lowest BCUT2D eigenvalue weighted by molar-refractivity contribution is 0.237. The molecule has 2 heterocycles. The summed E-state index contributed by atoms with van der Waals surface area (Å²) >= 11 is 0. The van der Waals surface area contributed by atoms with Crippen molar-refractivity contribution in [3.05, 3.63) is 18.0 Å². The maximum Gasteiger partial charge on any atom is 0.225 e. The van der Waals surface area contributed by atoms with Crippen LogP contribution in [0.4, 0.5) is 5.95 Å². The van der Waals surface area contributed by atoms with Gasteiger partial charge in [-0.1, -0.05) is 20.3 Å². The summed E-state index contributed by atoms with van der Waals surface area (Å²) in [6.45, 7) is 8.81. The van der Waals surface area contributed by atoms with E-state index in [1.54, 1.807) is 0 Å². The van der Waals surface area contributed by atoms with Crippen molar-refractivity contribution in [1.29, 1.82) is 0 Å². The van der Waals surface area contributed by atoms with Crippen molar-refractivity contribution in [3.8, 4) is 0 Å². The largest absolute Gasteiger partial charge is 0.341 e. The molecule has 1 saturated heterocycles. The van der Waals surface area contributed by atoms with Gasteiger partial charge in [0.2, 0.25) is 5.95 Å². The second-order valence-electron chi connectivity index (χ2n) is 6.22. The van der Waals surface area contributed by atoms with Crippen LogP contribution in [0.1, 0.15) is 45.6 Å².